The molecule has 4 heteroatoms. The van der Waals surface area contributed by atoms with Crippen molar-refractivity contribution in [1.29, 1.82) is 0 Å². The van der Waals surface area contributed by atoms with Gasteiger partial charge in [-0.15, -0.1) is 11.3 Å². The van der Waals surface area contributed by atoms with Gasteiger partial charge in [0.05, 0.1) is 10.8 Å². The number of rotatable bonds is 3. The molecule has 3 nitrogen and oxygen atoms in total. The maximum atomic E-state index is 12.2. The molecule has 1 heterocycles. The molecule has 0 bridgehead atoms. The van der Waals surface area contributed by atoms with Gasteiger partial charge in [0.1, 0.15) is 0 Å². The number of benzene rings is 1. The molecular formula is C15H12O3S. The summed E-state index contributed by atoms with van der Waals surface area (Å²) in [4.78, 5) is 23.9. The summed E-state index contributed by atoms with van der Waals surface area (Å²) in [5.41, 5.74) is 2.69. The van der Waals surface area contributed by atoms with Crippen molar-refractivity contribution in [3.63, 3.8) is 0 Å². The third-order valence-electron chi connectivity index (χ3n) is 3.50. The summed E-state index contributed by atoms with van der Waals surface area (Å²) in [5, 5.41) is 10.9. The Bertz CT molecular complexity index is 643. The molecule has 2 aromatic rings. The van der Waals surface area contributed by atoms with Crippen molar-refractivity contribution in [2.75, 3.05) is 0 Å². The molecule has 0 saturated carbocycles. The van der Waals surface area contributed by atoms with Gasteiger partial charge in [0.15, 0.2) is 0 Å². The molecule has 1 N–H and O–H groups in total. The summed E-state index contributed by atoms with van der Waals surface area (Å²) in [7, 11) is 0. The molecule has 96 valence electrons. The average Bonchev–Trinajstić information content (AvgIpc) is 3.06. The van der Waals surface area contributed by atoms with Crippen LogP contribution in [0, 0.1) is 5.92 Å². The molecule has 1 aromatic carbocycles. The Morgan fingerprint density at radius 2 is 1.95 bits per heavy atom. The molecule has 1 aromatic heterocycles. The Morgan fingerprint density at radius 1 is 1.16 bits per heavy atom. The predicted molar refractivity (Wildman–Crippen MR) is 72.7 cm³/mol. The summed E-state index contributed by atoms with van der Waals surface area (Å²) in [6.45, 7) is 0. The summed E-state index contributed by atoms with van der Waals surface area (Å²) in [6, 6.07) is 9.19. The van der Waals surface area contributed by atoms with E-state index in [0.717, 1.165) is 11.1 Å². The van der Waals surface area contributed by atoms with E-state index in [1.54, 1.807) is 12.1 Å². The third kappa shape index (κ3) is 2.19. The lowest BCUT2D eigenvalue weighted by Crippen LogP contribution is -2.12. The van der Waals surface area contributed by atoms with E-state index >= 15 is 0 Å². The zero-order chi connectivity index (χ0) is 13.4. The zero-order valence-corrected chi connectivity index (χ0v) is 10.9. The van der Waals surface area contributed by atoms with E-state index < -0.39 is 5.97 Å². The van der Waals surface area contributed by atoms with Gasteiger partial charge < -0.3 is 5.11 Å². The molecule has 0 saturated heterocycles. The largest absolute Gasteiger partial charge is 0.481 e. The van der Waals surface area contributed by atoms with Crippen LogP contribution in [-0.4, -0.2) is 16.9 Å². The van der Waals surface area contributed by atoms with Crippen molar-refractivity contribution >= 4 is 23.1 Å². The summed E-state index contributed by atoms with van der Waals surface area (Å²) in [5.74, 6) is -1.10. The van der Waals surface area contributed by atoms with E-state index in [0.29, 0.717) is 23.3 Å². The Kier molecular flexibility index (Phi) is 2.95. The SMILES string of the molecule is O=C(c1ccc2c(c1)CC(C(=O)O)C2)c1cccs1. The lowest BCUT2D eigenvalue weighted by Gasteiger charge is -2.02. The number of carbonyl (C=O) groups excluding carboxylic acids is 1. The van der Waals surface area contributed by atoms with Crippen molar-refractivity contribution in [3.05, 3.63) is 57.3 Å². The molecule has 1 atom stereocenters. The van der Waals surface area contributed by atoms with Crippen molar-refractivity contribution < 1.29 is 14.7 Å². The van der Waals surface area contributed by atoms with Crippen molar-refractivity contribution in [2.45, 2.75) is 12.8 Å². The molecule has 1 aliphatic carbocycles. The van der Waals surface area contributed by atoms with Crippen LogP contribution in [0.5, 0.6) is 0 Å². The second-order valence-electron chi connectivity index (χ2n) is 4.73. The zero-order valence-electron chi connectivity index (χ0n) is 10.1. The minimum absolute atomic E-state index is 0.0107. The number of hydrogen-bond acceptors (Lipinski definition) is 3. The third-order valence-corrected chi connectivity index (χ3v) is 4.36. The first-order valence-corrected chi connectivity index (χ1v) is 6.96. The minimum atomic E-state index is -0.762. The Balaban J connectivity index is 1.90. The topological polar surface area (TPSA) is 54.4 Å². The molecule has 3 rings (SSSR count). The summed E-state index contributed by atoms with van der Waals surface area (Å²) >= 11 is 1.42. The van der Waals surface area contributed by atoms with Gasteiger partial charge in [-0.05, 0) is 41.5 Å². The molecule has 0 aliphatic heterocycles. The van der Waals surface area contributed by atoms with Gasteiger partial charge in [-0.1, -0.05) is 18.2 Å². The fraction of sp³-hybridized carbons (Fsp3) is 0.200. The molecule has 0 spiro atoms. The van der Waals surface area contributed by atoms with Gasteiger partial charge in [0.2, 0.25) is 5.78 Å². The molecule has 19 heavy (non-hydrogen) atoms. The highest BCUT2D eigenvalue weighted by molar-refractivity contribution is 7.12. The van der Waals surface area contributed by atoms with E-state index in [1.165, 1.54) is 11.3 Å². The lowest BCUT2D eigenvalue weighted by molar-refractivity contribution is -0.141. The molecule has 1 unspecified atom stereocenters. The summed E-state index contributed by atoms with van der Waals surface area (Å²) < 4.78 is 0. The fourth-order valence-electron chi connectivity index (χ4n) is 2.48. The standard InChI is InChI=1S/C15H12O3S/c16-14(13-2-1-5-19-13)10-4-3-9-6-12(15(17)18)8-11(9)7-10/h1-5,7,12H,6,8H2,(H,17,18). The molecule has 1 aliphatic rings. The number of carboxylic acid groups (broad SMARTS) is 1. The van der Waals surface area contributed by atoms with E-state index in [9.17, 15) is 9.59 Å². The normalized spacial score (nSPS) is 17.2. The number of aliphatic carboxylic acids is 1. The van der Waals surface area contributed by atoms with Gasteiger partial charge in [-0.2, -0.15) is 0 Å². The van der Waals surface area contributed by atoms with Gasteiger partial charge in [-0.3, -0.25) is 9.59 Å². The second kappa shape index (κ2) is 4.63. The predicted octanol–water partition coefficient (Wildman–Crippen LogP) is 2.78. The van der Waals surface area contributed by atoms with Crippen LogP contribution in [0.25, 0.3) is 0 Å². The van der Waals surface area contributed by atoms with Gasteiger partial charge in [0.25, 0.3) is 0 Å². The number of thiophene rings is 1. The molecule has 0 radical (unpaired) electrons. The van der Waals surface area contributed by atoms with Crippen molar-refractivity contribution in [2.24, 2.45) is 5.92 Å². The van der Waals surface area contributed by atoms with Crippen molar-refractivity contribution in [1.82, 2.24) is 0 Å². The number of hydrogen-bond donors (Lipinski definition) is 1. The first-order valence-electron chi connectivity index (χ1n) is 6.08. The quantitative estimate of drug-likeness (QED) is 0.874. The number of carbonyl (C=O) groups is 2. The number of carboxylic acids is 1. The van der Waals surface area contributed by atoms with Crippen LogP contribution in [0.3, 0.4) is 0 Å². The Morgan fingerprint density at radius 3 is 2.63 bits per heavy atom. The van der Waals surface area contributed by atoms with Gasteiger partial charge in [0, 0.05) is 5.56 Å². The maximum Gasteiger partial charge on any atom is 0.307 e. The van der Waals surface area contributed by atoms with Crippen LogP contribution >= 0.6 is 11.3 Å². The van der Waals surface area contributed by atoms with E-state index in [4.69, 9.17) is 5.11 Å². The van der Waals surface area contributed by atoms with Gasteiger partial charge in [-0.25, -0.2) is 0 Å². The van der Waals surface area contributed by atoms with Crippen LogP contribution in [-0.2, 0) is 17.6 Å². The molecule has 0 amide bonds. The smallest absolute Gasteiger partial charge is 0.307 e. The van der Waals surface area contributed by atoms with E-state index in [2.05, 4.69) is 0 Å². The van der Waals surface area contributed by atoms with Gasteiger partial charge >= 0.3 is 5.97 Å². The van der Waals surface area contributed by atoms with Crippen LogP contribution in [0.4, 0.5) is 0 Å². The van der Waals surface area contributed by atoms with Crippen LogP contribution < -0.4 is 0 Å². The van der Waals surface area contributed by atoms with Crippen LogP contribution in [0.1, 0.15) is 26.4 Å². The molecule has 0 fully saturated rings. The lowest BCUT2D eigenvalue weighted by atomic mass is 10.0. The van der Waals surface area contributed by atoms with E-state index in [-0.39, 0.29) is 11.7 Å². The Labute approximate surface area is 114 Å². The maximum absolute atomic E-state index is 12.2. The molecular weight excluding hydrogens is 260 g/mol. The van der Waals surface area contributed by atoms with Crippen LogP contribution in [0.15, 0.2) is 35.7 Å². The highest BCUT2D eigenvalue weighted by Gasteiger charge is 2.27. The first-order chi connectivity index (χ1) is 9.15. The summed E-state index contributed by atoms with van der Waals surface area (Å²) in [6.07, 6.45) is 1.09. The monoisotopic (exact) mass is 272 g/mol. The number of fused-ring (bicyclic) bond motifs is 1. The second-order valence-corrected chi connectivity index (χ2v) is 5.68. The average molecular weight is 272 g/mol. The number of ketones is 1. The first kappa shape index (κ1) is 12.1. The van der Waals surface area contributed by atoms with E-state index in [1.807, 2.05) is 23.6 Å². The highest BCUT2D eigenvalue weighted by atomic mass is 32.1. The highest BCUT2D eigenvalue weighted by Crippen LogP contribution is 2.28. The Hall–Kier alpha value is -1.94. The fourth-order valence-corrected chi connectivity index (χ4v) is 3.17. The van der Waals surface area contributed by atoms with Crippen molar-refractivity contribution in [3.8, 4) is 0 Å². The van der Waals surface area contributed by atoms with Crippen LogP contribution in [0.2, 0.25) is 0 Å². The minimum Gasteiger partial charge on any atom is -0.481 e.